The normalized spacial score (nSPS) is 13.4. The molecule has 4 aromatic rings. The molecule has 0 radical (unpaired) electrons. The predicted octanol–water partition coefficient (Wildman–Crippen LogP) is 5.51. The number of benzene rings is 3. The molecule has 1 aliphatic carbocycles. The molecule has 1 aliphatic rings. The summed E-state index contributed by atoms with van der Waals surface area (Å²) in [6.07, 6.45) is -1.63. The number of carbonyl (C=O) groups excluding carboxylic acids is 1. The van der Waals surface area contributed by atoms with Gasteiger partial charge >= 0.3 is 6.18 Å². The highest BCUT2D eigenvalue weighted by Gasteiger charge is 2.27. The van der Waals surface area contributed by atoms with Crippen molar-refractivity contribution in [3.05, 3.63) is 82.9 Å². The Bertz CT molecular complexity index is 1550. The van der Waals surface area contributed by atoms with E-state index < -0.39 is 18.4 Å². The maximum atomic E-state index is 14.3. The summed E-state index contributed by atoms with van der Waals surface area (Å²) >= 11 is 0. The molecule has 11 heteroatoms. The van der Waals surface area contributed by atoms with Gasteiger partial charge in [-0.05, 0) is 78.4 Å². The number of aliphatic hydroxyl groups is 1. The van der Waals surface area contributed by atoms with Crippen LogP contribution in [0.4, 0.5) is 23.2 Å². The standard InChI is InChI=1S/C29H28F4N4O3/c1-40-26-7-2-17(11-23(26)30)10-18-12-24(34-9-8-29(31,32)33)27-25(13-18)37(16-35-27)21-5-6-22(19(14-21)15-38)28(39)36-20-3-4-20/h2,5-7,11-14,16,20,34,38H,3-4,8-10,15H2,1H3,(H,36,39). The number of rotatable bonds is 10. The number of carbonyl (C=O) groups is 1. The largest absolute Gasteiger partial charge is 0.494 e. The third kappa shape index (κ3) is 6.20. The number of nitrogens with zero attached hydrogens (tertiary/aromatic N) is 2. The van der Waals surface area contributed by atoms with Crippen LogP contribution < -0.4 is 15.4 Å². The van der Waals surface area contributed by atoms with E-state index in [9.17, 15) is 27.5 Å². The summed E-state index contributed by atoms with van der Waals surface area (Å²) in [5.41, 5.74) is 4.25. The summed E-state index contributed by atoms with van der Waals surface area (Å²) in [7, 11) is 1.38. The summed E-state index contributed by atoms with van der Waals surface area (Å²) in [6, 6.07) is 13.4. The van der Waals surface area contributed by atoms with Gasteiger partial charge in [-0.1, -0.05) is 6.07 Å². The molecule has 0 unspecified atom stereocenters. The zero-order valence-electron chi connectivity index (χ0n) is 21.7. The second kappa shape index (κ2) is 11.2. The van der Waals surface area contributed by atoms with Crippen molar-refractivity contribution in [3.63, 3.8) is 0 Å². The van der Waals surface area contributed by atoms with Gasteiger partial charge in [-0.3, -0.25) is 9.36 Å². The van der Waals surface area contributed by atoms with E-state index in [1.807, 2.05) is 6.07 Å². The Labute approximate surface area is 227 Å². The minimum absolute atomic E-state index is 0.112. The number of alkyl halides is 3. The van der Waals surface area contributed by atoms with Crippen molar-refractivity contribution >= 4 is 22.6 Å². The molecule has 0 bridgehead atoms. The molecule has 0 aliphatic heterocycles. The summed E-state index contributed by atoms with van der Waals surface area (Å²) in [5, 5.41) is 15.7. The number of hydrogen-bond acceptors (Lipinski definition) is 5. The second-order valence-electron chi connectivity index (χ2n) is 9.81. The van der Waals surface area contributed by atoms with Crippen molar-refractivity contribution in [1.82, 2.24) is 14.9 Å². The fraction of sp³-hybridized carbons (Fsp3) is 0.310. The Morgan fingerprint density at radius 1 is 1.12 bits per heavy atom. The van der Waals surface area contributed by atoms with Crippen LogP contribution in [-0.2, 0) is 13.0 Å². The highest BCUT2D eigenvalue weighted by Crippen LogP contribution is 2.30. The molecule has 40 heavy (non-hydrogen) atoms. The topological polar surface area (TPSA) is 88.4 Å². The van der Waals surface area contributed by atoms with Gasteiger partial charge in [0.15, 0.2) is 11.6 Å². The van der Waals surface area contributed by atoms with Crippen molar-refractivity contribution in [1.29, 1.82) is 0 Å². The molecule has 210 valence electrons. The molecule has 1 heterocycles. The van der Waals surface area contributed by atoms with Crippen LogP contribution >= 0.6 is 0 Å². The number of imidazole rings is 1. The highest BCUT2D eigenvalue weighted by atomic mass is 19.4. The lowest BCUT2D eigenvalue weighted by Crippen LogP contribution is -2.26. The first-order valence-electron chi connectivity index (χ1n) is 12.8. The number of amides is 1. The van der Waals surface area contributed by atoms with Gasteiger partial charge in [-0.2, -0.15) is 13.2 Å². The number of hydrogen-bond donors (Lipinski definition) is 3. The molecule has 1 fully saturated rings. The number of fused-ring (bicyclic) bond motifs is 1. The third-order valence-electron chi connectivity index (χ3n) is 6.75. The summed E-state index contributed by atoms with van der Waals surface area (Å²) in [5.74, 6) is -0.656. The minimum atomic E-state index is -4.32. The smallest absolute Gasteiger partial charge is 0.390 e. The second-order valence-corrected chi connectivity index (χ2v) is 9.81. The molecule has 3 aromatic carbocycles. The average molecular weight is 557 g/mol. The summed E-state index contributed by atoms with van der Waals surface area (Å²) < 4.78 is 59.6. The monoisotopic (exact) mass is 556 g/mol. The number of ether oxygens (including phenoxy) is 1. The van der Waals surface area contributed by atoms with Crippen LogP contribution in [-0.4, -0.2) is 46.4 Å². The van der Waals surface area contributed by atoms with Gasteiger partial charge in [0, 0.05) is 23.8 Å². The van der Waals surface area contributed by atoms with Gasteiger partial charge in [0.05, 0.1) is 31.3 Å². The fourth-order valence-corrected chi connectivity index (χ4v) is 4.58. The molecular formula is C29H28F4N4O3. The van der Waals surface area contributed by atoms with E-state index in [1.54, 1.807) is 34.9 Å². The van der Waals surface area contributed by atoms with Crippen LogP contribution in [0.1, 0.15) is 46.3 Å². The van der Waals surface area contributed by atoms with Gasteiger partial charge in [0.2, 0.25) is 0 Å². The lowest BCUT2D eigenvalue weighted by molar-refractivity contribution is -0.131. The van der Waals surface area contributed by atoms with Crippen LogP contribution in [0.2, 0.25) is 0 Å². The lowest BCUT2D eigenvalue weighted by Gasteiger charge is -2.14. The zero-order valence-corrected chi connectivity index (χ0v) is 21.7. The van der Waals surface area contributed by atoms with E-state index in [4.69, 9.17) is 4.74 Å². The zero-order chi connectivity index (χ0) is 28.4. The van der Waals surface area contributed by atoms with Crippen molar-refractivity contribution in [3.8, 4) is 11.4 Å². The predicted molar refractivity (Wildman–Crippen MR) is 142 cm³/mol. The van der Waals surface area contributed by atoms with Crippen molar-refractivity contribution in [2.45, 2.75) is 44.5 Å². The Balaban J connectivity index is 1.53. The van der Waals surface area contributed by atoms with Crippen molar-refractivity contribution in [2.24, 2.45) is 0 Å². The molecule has 1 aromatic heterocycles. The Morgan fingerprint density at radius 3 is 2.60 bits per heavy atom. The van der Waals surface area contributed by atoms with E-state index in [0.29, 0.717) is 45.5 Å². The van der Waals surface area contributed by atoms with Crippen molar-refractivity contribution in [2.75, 3.05) is 19.0 Å². The molecule has 0 saturated heterocycles. The average Bonchev–Trinajstić information content (AvgIpc) is 3.62. The maximum Gasteiger partial charge on any atom is 0.390 e. The molecule has 7 nitrogen and oxygen atoms in total. The van der Waals surface area contributed by atoms with E-state index in [0.717, 1.165) is 18.4 Å². The third-order valence-corrected chi connectivity index (χ3v) is 6.75. The van der Waals surface area contributed by atoms with E-state index >= 15 is 0 Å². The number of anilines is 1. The Kier molecular flexibility index (Phi) is 7.66. The van der Waals surface area contributed by atoms with Gasteiger partial charge < -0.3 is 20.5 Å². The van der Waals surface area contributed by atoms with Gasteiger partial charge in [-0.25, -0.2) is 9.37 Å². The number of halogens is 4. The molecular weight excluding hydrogens is 528 g/mol. The van der Waals surface area contributed by atoms with Crippen LogP contribution in [0.15, 0.2) is 54.9 Å². The molecule has 0 spiro atoms. The molecule has 0 atom stereocenters. The van der Waals surface area contributed by atoms with Gasteiger partial charge in [-0.15, -0.1) is 0 Å². The van der Waals surface area contributed by atoms with E-state index in [1.165, 1.54) is 25.6 Å². The SMILES string of the molecule is COc1ccc(Cc2cc(NCCC(F)(F)F)c3ncn(-c4ccc(C(=O)NC5CC5)c(CO)c4)c3c2)cc1F. The fourth-order valence-electron chi connectivity index (χ4n) is 4.58. The van der Waals surface area contributed by atoms with E-state index in [-0.39, 0.29) is 30.9 Å². The Hall–Kier alpha value is -4.12. The number of methoxy groups -OCH3 is 1. The quantitative estimate of drug-likeness (QED) is 0.224. The lowest BCUT2D eigenvalue weighted by atomic mass is 10.0. The van der Waals surface area contributed by atoms with Crippen molar-refractivity contribution < 1.29 is 32.2 Å². The number of aromatic nitrogens is 2. The maximum absolute atomic E-state index is 14.3. The summed E-state index contributed by atoms with van der Waals surface area (Å²) in [4.78, 5) is 17.1. The van der Waals surface area contributed by atoms with Crippen LogP contribution in [0.3, 0.4) is 0 Å². The van der Waals surface area contributed by atoms with Gasteiger partial charge in [0.1, 0.15) is 11.8 Å². The summed E-state index contributed by atoms with van der Waals surface area (Å²) in [6.45, 7) is -0.696. The molecule has 3 N–H and O–H groups in total. The Morgan fingerprint density at radius 2 is 1.93 bits per heavy atom. The first-order chi connectivity index (χ1) is 19.1. The first kappa shape index (κ1) is 27.4. The number of nitrogens with one attached hydrogen (secondary N) is 2. The van der Waals surface area contributed by atoms with Crippen LogP contribution in [0.5, 0.6) is 5.75 Å². The first-order valence-corrected chi connectivity index (χ1v) is 12.8. The minimum Gasteiger partial charge on any atom is -0.494 e. The highest BCUT2D eigenvalue weighted by molar-refractivity contribution is 5.96. The van der Waals surface area contributed by atoms with E-state index in [2.05, 4.69) is 15.6 Å². The molecule has 1 amide bonds. The molecule has 1 saturated carbocycles. The van der Waals surface area contributed by atoms with Gasteiger partial charge in [0.25, 0.3) is 5.91 Å². The van der Waals surface area contributed by atoms with Crippen LogP contribution in [0.25, 0.3) is 16.7 Å². The van der Waals surface area contributed by atoms with Crippen LogP contribution in [0, 0.1) is 5.82 Å². The molecule has 5 rings (SSSR count). The number of aliphatic hydroxyl groups excluding tert-OH is 1.